The molecule has 0 amide bonds. The molecule has 2 aromatic heterocycles. The molecule has 12 aromatic rings. The Morgan fingerprint density at radius 3 is 1.69 bits per heavy atom. The molecule has 0 atom stereocenters. The number of fused-ring (bicyclic) bond motifs is 14. The van der Waals surface area contributed by atoms with Gasteiger partial charge in [0.05, 0.1) is 16.7 Å². The van der Waals surface area contributed by atoms with Gasteiger partial charge in [-0.25, -0.2) is 0 Å². The Hall–Kier alpha value is -8.38. The summed E-state index contributed by atoms with van der Waals surface area (Å²) in [7, 11) is 0. The quantitative estimate of drug-likeness (QED) is 0.159. The Morgan fingerprint density at radius 2 is 1.02 bits per heavy atom. The first kappa shape index (κ1) is 53.1. The predicted molar refractivity (Wildman–Crippen MR) is 371 cm³/mol. The minimum atomic E-state index is -0.0534. The van der Waals surface area contributed by atoms with Gasteiger partial charge < -0.3 is 14.4 Å². The number of para-hydroxylation sites is 2. The van der Waals surface area contributed by atoms with Crippen molar-refractivity contribution in [3.8, 4) is 39.1 Å². The lowest BCUT2D eigenvalue weighted by Crippen LogP contribution is -2.60. The molecule has 16 rings (SSSR count). The first-order valence-corrected chi connectivity index (χ1v) is 32.2. The van der Waals surface area contributed by atoms with Gasteiger partial charge in [-0.15, -0.1) is 11.3 Å². The molecular formula is C81H74BN3S. The fraction of sp³-hybridized carbons (Fsp3) is 0.235. The second kappa shape index (κ2) is 18.8. The number of benzene rings is 10. The van der Waals surface area contributed by atoms with E-state index in [1.165, 1.54) is 174 Å². The van der Waals surface area contributed by atoms with E-state index in [0.717, 1.165) is 11.4 Å². The van der Waals surface area contributed by atoms with Gasteiger partial charge in [0.25, 0.3) is 6.71 Å². The van der Waals surface area contributed by atoms with Crippen molar-refractivity contribution in [2.75, 3.05) is 9.80 Å². The SMILES string of the molecule is Cc1cccc(C)c1-c1cc2c3c(c1)N(c1ccc4c(c1)C1(CCCC1)c1ccccc1-4)c1c(sc4ccc(C(C)(C)C)cc14)B3c1ccc(-n3c4ccccc4c4ccccc43)cc1N2c1ccc(-c2cc(C(C)(C)C)cc(C(C)(C)C)c2)cc1. The molecule has 1 saturated carbocycles. The molecule has 2 aliphatic carbocycles. The zero-order chi connectivity index (χ0) is 58.9. The highest BCUT2D eigenvalue weighted by Crippen LogP contribution is 2.59. The zero-order valence-corrected chi connectivity index (χ0v) is 52.5. The van der Waals surface area contributed by atoms with Crippen molar-refractivity contribution in [2.24, 2.45) is 0 Å². The van der Waals surface area contributed by atoms with E-state index in [4.69, 9.17) is 0 Å². The summed E-state index contributed by atoms with van der Waals surface area (Å²) in [5, 5.41) is 3.85. The maximum absolute atomic E-state index is 2.74. The molecule has 0 unspecified atom stereocenters. The van der Waals surface area contributed by atoms with E-state index in [-0.39, 0.29) is 28.4 Å². The lowest BCUT2D eigenvalue weighted by molar-refractivity contribution is 0.550. The van der Waals surface area contributed by atoms with Crippen molar-refractivity contribution in [3.63, 3.8) is 0 Å². The lowest BCUT2D eigenvalue weighted by Gasteiger charge is -2.44. The monoisotopic (exact) mass is 1130 g/mol. The largest absolute Gasteiger partial charge is 0.311 e. The molecule has 1 spiro atoms. The number of hydrogen-bond donors (Lipinski definition) is 0. The van der Waals surface area contributed by atoms with Crippen LogP contribution < -0.4 is 25.5 Å². The Labute approximate surface area is 512 Å². The summed E-state index contributed by atoms with van der Waals surface area (Å²) in [5.74, 6) is 0. The van der Waals surface area contributed by atoms with Gasteiger partial charge in [0.2, 0.25) is 0 Å². The normalized spacial score (nSPS) is 15.0. The average molecular weight is 1130 g/mol. The number of anilines is 6. The molecule has 4 heterocycles. The van der Waals surface area contributed by atoms with E-state index in [2.05, 4.69) is 291 Å². The summed E-state index contributed by atoms with van der Waals surface area (Å²) in [6.07, 6.45) is 4.87. The van der Waals surface area contributed by atoms with Gasteiger partial charge in [0.15, 0.2) is 0 Å². The Bertz CT molecular complexity index is 4700. The van der Waals surface area contributed by atoms with Gasteiger partial charge in [-0.1, -0.05) is 203 Å². The summed E-state index contributed by atoms with van der Waals surface area (Å²) in [6, 6.07) is 78.5. The van der Waals surface area contributed by atoms with Gasteiger partial charge in [-0.3, -0.25) is 0 Å². The molecule has 0 saturated heterocycles. The summed E-state index contributed by atoms with van der Waals surface area (Å²) in [4.78, 5) is 5.39. The van der Waals surface area contributed by atoms with E-state index in [1.807, 2.05) is 11.3 Å². The standard InChI is InChI=1S/C81H74BN3S/c1-49-21-20-22-50(2)74(49)53-43-71-75-72(44-53)85(58-34-36-61-60-23-12-15-26-65(60)81(66(61)47-58)39-18-19-40-81)76-64-46-54(78(3,4)5)31-38-73(64)86-77(76)82(75)67-37-35-59(84-68-27-16-13-24-62(68)63-25-14-17-28-69(63)84)48-70(67)83(71)57-32-29-51(30-33-57)52-41-55(79(6,7)8)45-56(42-52)80(9,10)11/h12-17,20-38,41-48H,18-19,39-40H2,1-11H3. The van der Waals surface area contributed by atoms with Crippen molar-refractivity contribution in [2.45, 2.75) is 124 Å². The third-order valence-corrected chi connectivity index (χ3v) is 21.4. The van der Waals surface area contributed by atoms with Crippen molar-refractivity contribution in [1.29, 1.82) is 0 Å². The summed E-state index contributed by atoms with van der Waals surface area (Å²) < 4.78 is 5.22. The van der Waals surface area contributed by atoms with Crippen LogP contribution in [0.4, 0.5) is 34.1 Å². The number of nitrogens with zero attached hydrogens (tertiary/aromatic N) is 3. The summed E-state index contributed by atoms with van der Waals surface area (Å²) in [6.45, 7) is 25.7. The molecule has 1 fully saturated rings. The number of hydrogen-bond acceptors (Lipinski definition) is 3. The lowest BCUT2D eigenvalue weighted by atomic mass is 9.36. The highest BCUT2D eigenvalue weighted by molar-refractivity contribution is 7.33. The number of thiophene rings is 1. The second-order valence-electron chi connectivity index (χ2n) is 28.6. The molecule has 0 bridgehead atoms. The molecule has 0 radical (unpaired) electrons. The zero-order valence-electron chi connectivity index (χ0n) is 51.7. The van der Waals surface area contributed by atoms with Crippen LogP contribution in [0.15, 0.2) is 200 Å². The van der Waals surface area contributed by atoms with Crippen LogP contribution in [0.5, 0.6) is 0 Å². The van der Waals surface area contributed by atoms with Gasteiger partial charge in [0, 0.05) is 65.2 Å². The van der Waals surface area contributed by atoms with E-state index >= 15 is 0 Å². The maximum Gasteiger partial charge on any atom is 0.264 e. The molecule has 0 N–H and O–H groups in total. The summed E-state index contributed by atoms with van der Waals surface area (Å²) >= 11 is 2.00. The molecule has 10 aromatic carbocycles. The minimum absolute atomic E-state index is 0.00258. The Balaban J connectivity index is 1.01. The van der Waals surface area contributed by atoms with Crippen LogP contribution in [0.1, 0.15) is 127 Å². The van der Waals surface area contributed by atoms with Gasteiger partial charge in [-0.05, 0) is 199 Å². The van der Waals surface area contributed by atoms with Crippen LogP contribution >= 0.6 is 11.3 Å². The van der Waals surface area contributed by atoms with Crippen LogP contribution in [0.25, 0.3) is 71.0 Å². The topological polar surface area (TPSA) is 11.4 Å². The number of rotatable bonds is 5. The highest BCUT2D eigenvalue weighted by atomic mass is 32.1. The first-order chi connectivity index (χ1) is 41.3. The van der Waals surface area contributed by atoms with Crippen molar-refractivity contribution >= 4 is 99.8 Å². The average Bonchev–Trinajstić information content (AvgIpc) is 1.23. The smallest absolute Gasteiger partial charge is 0.264 e. The van der Waals surface area contributed by atoms with Crippen LogP contribution in [-0.2, 0) is 21.7 Å². The predicted octanol–water partition coefficient (Wildman–Crippen LogP) is 20.8. The van der Waals surface area contributed by atoms with E-state index in [1.54, 1.807) is 0 Å². The molecule has 86 heavy (non-hydrogen) atoms. The fourth-order valence-electron chi connectivity index (χ4n) is 15.8. The number of aromatic nitrogens is 1. The molecule has 422 valence electrons. The third-order valence-electron chi connectivity index (χ3n) is 20.2. The van der Waals surface area contributed by atoms with Crippen LogP contribution in [0.2, 0.25) is 0 Å². The van der Waals surface area contributed by atoms with E-state index in [9.17, 15) is 0 Å². The van der Waals surface area contributed by atoms with Crippen LogP contribution in [-0.4, -0.2) is 11.3 Å². The van der Waals surface area contributed by atoms with Crippen molar-refractivity contribution in [1.82, 2.24) is 4.57 Å². The highest BCUT2D eigenvalue weighted by Gasteiger charge is 2.48. The fourth-order valence-corrected chi connectivity index (χ4v) is 17.1. The van der Waals surface area contributed by atoms with Gasteiger partial charge in [-0.2, -0.15) is 0 Å². The molecule has 2 aliphatic heterocycles. The van der Waals surface area contributed by atoms with Crippen LogP contribution in [0, 0.1) is 13.8 Å². The van der Waals surface area contributed by atoms with Crippen LogP contribution in [0.3, 0.4) is 0 Å². The van der Waals surface area contributed by atoms with E-state index in [0.29, 0.717) is 0 Å². The molecule has 3 nitrogen and oxygen atoms in total. The van der Waals surface area contributed by atoms with Gasteiger partial charge in [0.1, 0.15) is 0 Å². The molecule has 5 heteroatoms. The maximum atomic E-state index is 2.74. The van der Waals surface area contributed by atoms with E-state index < -0.39 is 0 Å². The molecule has 4 aliphatic rings. The van der Waals surface area contributed by atoms with Crippen molar-refractivity contribution in [3.05, 3.63) is 239 Å². The summed E-state index contributed by atoms with van der Waals surface area (Å²) in [5.41, 5.74) is 31.0. The third kappa shape index (κ3) is 7.92. The number of aryl methyl sites for hydroxylation is 2. The molecular weight excluding hydrogens is 1060 g/mol. The minimum Gasteiger partial charge on any atom is -0.311 e. The van der Waals surface area contributed by atoms with Crippen molar-refractivity contribution < 1.29 is 0 Å². The first-order valence-electron chi connectivity index (χ1n) is 31.4. The van der Waals surface area contributed by atoms with Gasteiger partial charge >= 0.3 is 0 Å². The second-order valence-corrected chi connectivity index (χ2v) is 29.7. The Morgan fingerprint density at radius 1 is 0.430 bits per heavy atom. The Kier molecular flexibility index (Phi) is 11.6.